The quantitative estimate of drug-likeness (QED) is 0.359. The molecule has 10 nitrogen and oxygen atoms in total. The molecule has 3 aromatic heterocycles. The van der Waals surface area contributed by atoms with Gasteiger partial charge in [-0.2, -0.15) is 18.4 Å². The Labute approximate surface area is 217 Å². The molecule has 0 aliphatic carbocycles. The Morgan fingerprint density at radius 3 is 2.64 bits per heavy atom. The summed E-state index contributed by atoms with van der Waals surface area (Å²) in [5.74, 6) is -0.750. The van der Waals surface area contributed by atoms with E-state index in [2.05, 4.69) is 16.0 Å². The van der Waals surface area contributed by atoms with E-state index < -0.39 is 34.7 Å². The number of aliphatic hydroxyl groups is 1. The molecule has 1 fully saturated rings. The van der Waals surface area contributed by atoms with Crippen LogP contribution in [0.3, 0.4) is 0 Å². The van der Waals surface area contributed by atoms with E-state index in [1.165, 1.54) is 16.8 Å². The first-order valence-corrected chi connectivity index (χ1v) is 11.9. The minimum atomic E-state index is -4.77. The molecule has 13 heteroatoms. The number of aliphatic hydroxyl groups excluding tert-OH is 1. The number of nitrogens with zero attached hydrogens (tertiary/aromatic N) is 5. The maximum atomic E-state index is 12.9. The molecule has 2 aliphatic rings. The van der Waals surface area contributed by atoms with Gasteiger partial charge in [0.1, 0.15) is 17.3 Å². The monoisotopic (exact) mass is 539 g/mol. The standard InChI is InChI=1S/C26H20F3N5O5/c1-24-17(35)10-25(39-24,6-8-33-12-32-16(9-18(33)36)26(27,28)29)20-19(24)22(37)34(23(20)38)15-5-4-13(11-30)21-14(15)3-2-7-31-21/h2-5,7,9,12,17,35,37-38H,6,8,10H2,1H3/t17-,24-,25+/m1/s1. The zero-order valence-corrected chi connectivity index (χ0v) is 20.3. The van der Waals surface area contributed by atoms with E-state index in [0.29, 0.717) is 28.2 Å². The van der Waals surface area contributed by atoms with Crippen LogP contribution >= 0.6 is 0 Å². The molecule has 3 atom stereocenters. The summed E-state index contributed by atoms with van der Waals surface area (Å²) in [6, 6.07) is 8.86. The summed E-state index contributed by atoms with van der Waals surface area (Å²) in [6.45, 7) is 1.43. The molecule has 4 aromatic rings. The predicted octanol–water partition coefficient (Wildman–Crippen LogP) is 3.18. The van der Waals surface area contributed by atoms with Crippen molar-refractivity contribution in [2.45, 2.75) is 49.8 Å². The Kier molecular flexibility index (Phi) is 5.14. The fourth-order valence-corrected chi connectivity index (χ4v) is 5.84. The summed E-state index contributed by atoms with van der Waals surface area (Å²) in [4.78, 5) is 20.0. The number of aromatic nitrogens is 4. The molecule has 2 aliphatic heterocycles. The average molecular weight is 539 g/mol. The smallest absolute Gasteiger partial charge is 0.433 e. The average Bonchev–Trinajstić information content (AvgIpc) is 3.43. The van der Waals surface area contributed by atoms with Crippen LogP contribution in [0, 0.1) is 11.3 Å². The van der Waals surface area contributed by atoms with Crippen molar-refractivity contribution in [3.63, 3.8) is 0 Å². The van der Waals surface area contributed by atoms with Crippen LogP contribution in [0.2, 0.25) is 0 Å². The number of halogens is 3. The first kappa shape index (κ1) is 24.9. The van der Waals surface area contributed by atoms with E-state index in [9.17, 15) is 38.5 Å². The van der Waals surface area contributed by atoms with E-state index in [1.54, 1.807) is 25.1 Å². The maximum Gasteiger partial charge on any atom is 0.433 e. The molecule has 1 aromatic carbocycles. The van der Waals surface area contributed by atoms with Crippen molar-refractivity contribution in [1.29, 1.82) is 5.26 Å². The molecule has 0 saturated carbocycles. The highest BCUT2D eigenvalue weighted by molar-refractivity contribution is 5.92. The molecule has 2 bridgehead atoms. The summed E-state index contributed by atoms with van der Waals surface area (Å²) in [5.41, 5.74) is -3.64. The van der Waals surface area contributed by atoms with Gasteiger partial charge in [0.15, 0.2) is 5.69 Å². The van der Waals surface area contributed by atoms with Gasteiger partial charge in [0.05, 0.1) is 40.3 Å². The van der Waals surface area contributed by atoms with Gasteiger partial charge in [-0.3, -0.25) is 18.9 Å². The second kappa shape index (κ2) is 8.05. The fraction of sp³-hybridized carbons (Fsp3) is 0.308. The highest BCUT2D eigenvalue weighted by atomic mass is 19.4. The second-order valence-electron chi connectivity index (χ2n) is 9.85. The van der Waals surface area contributed by atoms with E-state index in [0.717, 1.165) is 10.9 Å². The SMILES string of the molecule is C[C@@]12O[C@@](CCn3cnc(C(F)(F)F)cc3=O)(C[C@H]1O)c1c2c(O)n(-c2ccc(C#N)c3ncccc23)c1O. The molecule has 0 radical (unpaired) electrons. The van der Waals surface area contributed by atoms with Gasteiger partial charge in [-0.05, 0) is 37.6 Å². The number of ether oxygens (including phenoxy) is 1. The van der Waals surface area contributed by atoms with E-state index in [1.807, 2.05) is 0 Å². The van der Waals surface area contributed by atoms with Crippen LogP contribution in [0.1, 0.15) is 42.1 Å². The van der Waals surface area contributed by atoms with E-state index >= 15 is 0 Å². The molecule has 1 saturated heterocycles. The van der Waals surface area contributed by atoms with Crippen molar-refractivity contribution >= 4 is 10.9 Å². The van der Waals surface area contributed by atoms with Crippen molar-refractivity contribution in [3.05, 3.63) is 75.6 Å². The predicted molar refractivity (Wildman–Crippen MR) is 128 cm³/mol. The van der Waals surface area contributed by atoms with E-state index in [4.69, 9.17) is 4.74 Å². The van der Waals surface area contributed by atoms with Crippen LogP contribution in [0.5, 0.6) is 11.8 Å². The van der Waals surface area contributed by atoms with Crippen LogP contribution in [-0.2, 0) is 28.7 Å². The van der Waals surface area contributed by atoms with Crippen molar-refractivity contribution in [1.82, 2.24) is 19.1 Å². The lowest BCUT2D eigenvalue weighted by Crippen LogP contribution is -2.33. The number of aromatic hydroxyl groups is 2. The van der Waals surface area contributed by atoms with Gasteiger partial charge in [-0.1, -0.05) is 0 Å². The normalized spacial score (nSPS) is 23.7. The highest BCUT2D eigenvalue weighted by Gasteiger charge is 2.66. The summed E-state index contributed by atoms with van der Waals surface area (Å²) < 4.78 is 47.2. The number of aryl methyl sites for hydroxylation is 1. The third kappa shape index (κ3) is 3.38. The van der Waals surface area contributed by atoms with Gasteiger partial charge >= 0.3 is 6.18 Å². The van der Waals surface area contributed by atoms with Gasteiger partial charge < -0.3 is 20.1 Å². The van der Waals surface area contributed by atoms with Gasteiger partial charge in [0, 0.05) is 30.6 Å². The van der Waals surface area contributed by atoms with Gasteiger partial charge in [-0.25, -0.2) is 4.98 Å². The van der Waals surface area contributed by atoms with Crippen LogP contribution in [-0.4, -0.2) is 40.5 Å². The molecule has 39 heavy (non-hydrogen) atoms. The van der Waals surface area contributed by atoms with Crippen LogP contribution in [0.4, 0.5) is 13.2 Å². The molecule has 200 valence electrons. The summed E-state index contributed by atoms with van der Waals surface area (Å²) in [7, 11) is 0. The fourth-order valence-electron chi connectivity index (χ4n) is 5.84. The molecule has 3 N–H and O–H groups in total. The summed E-state index contributed by atoms with van der Waals surface area (Å²) >= 11 is 0. The number of hydrogen-bond acceptors (Lipinski definition) is 8. The molecule has 6 rings (SSSR count). The molecule has 5 heterocycles. The first-order chi connectivity index (χ1) is 18.4. The molecule has 0 unspecified atom stereocenters. The second-order valence-corrected chi connectivity index (χ2v) is 9.85. The Morgan fingerprint density at radius 2 is 1.95 bits per heavy atom. The van der Waals surface area contributed by atoms with Crippen molar-refractivity contribution in [2.24, 2.45) is 0 Å². The Bertz CT molecular complexity index is 1770. The third-order valence-corrected chi connectivity index (χ3v) is 7.67. The highest BCUT2D eigenvalue weighted by Crippen LogP contribution is 2.65. The summed E-state index contributed by atoms with van der Waals surface area (Å²) in [5, 5.41) is 43.7. The molecular weight excluding hydrogens is 519 g/mol. The number of fused-ring (bicyclic) bond motifs is 6. The minimum Gasteiger partial charge on any atom is -0.494 e. The topological polar surface area (TPSA) is 146 Å². The number of hydrogen-bond donors (Lipinski definition) is 3. The van der Waals surface area contributed by atoms with Gasteiger partial charge in [0.25, 0.3) is 5.56 Å². The summed E-state index contributed by atoms with van der Waals surface area (Å²) in [6.07, 6.45) is -3.57. The van der Waals surface area contributed by atoms with Crippen molar-refractivity contribution < 1.29 is 33.2 Å². The minimum absolute atomic E-state index is 0.00595. The lowest BCUT2D eigenvalue weighted by Gasteiger charge is -2.27. The van der Waals surface area contributed by atoms with Crippen LogP contribution in [0.15, 0.2) is 47.7 Å². The lowest BCUT2D eigenvalue weighted by atomic mass is 9.76. The number of benzene rings is 1. The maximum absolute atomic E-state index is 12.9. The molecule has 0 spiro atoms. The third-order valence-electron chi connectivity index (χ3n) is 7.67. The largest absolute Gasteiger partial charge is 0.494 e. The van der Waals surface area contributed by atoms with E-state index in [-0.39, 0.29) is 42.3 Å². The molecule has 0 amide bonds. The number of rotatable bonds is 4. The van der Waals surface area contributed by atoms with Crippen LogP contribution in [0.25, 0.3) is 16.6 Å². The zero-order valence-electron chi connectivity index (χ0n) is 20.3. The van der Waals surface area contributed by atoms with Gasteiger partial charge in [0.2, 0.25) is 11.8 Å². The van der Waals surface area contributed by atoms with Crippen molar-refractivity contribution in [3.8, 4) is 23.5 Å². The Balaban J connectivity index is 1.47. The number of nitriles is 1. The Hall–Kier alpha value is -4.41. The number of alkyl halides is 3. The van der Waals surface area contributed by atoms with Crippen molar-refractivity contribution in [2.75, 3.05) is 0 Å². The zero-order chi connectivity index (χ0) is 27.9. The lowest BCUT2D eigenvalue weighted by molar-refractivity contribution is -0.141. The first-order valence-electron chi connectivity index (χ1n) is 11.9. The van der Waals surface area contributed by atoms with Crippen LogP contribution < -0.4 is 5.56 Å². The van der Waals surface area contributed by atoms with Gasteiger partial charge in [-0.15, -0.1) is 0 Å². The Morgan fingerprint density at radius 1 is 1.21 bits per heavy atom. The molecular formula is C26H20F3N5O5. The number of pyridine rings is 1.